The van der Waals surface area contributed by atoms with Crippen molar-refractivity contribution < 1.29 is 0 Å². The Kier molecular flexibility index (Phi) is 6.18. The molecule has 0 unspecified atom stereocenters. The van der Waals surface area contributed by atoms with E-state index in [1.807, 2.05) is 18.7 Å². The maximum Gasteiger partial charge on any atom is 0.0945 e. The second kappa shape index (κ2) is 7.32. The molecule has 0 aromatic carbocycles. The first-order chi connectivity index (χ1) is 6.43. The number of hydrogen-bond acceptors (Lipinski definition) is 2. The number of nitrogens with zero attached hydrogens (tertiary/aromatic N) is 2. The minimum Gasteiger partial charge on any atom is -0.337 e. The summed E-state index contributed by atoms with van der Waals surface area (Å²) in [6, 6.07) is 0. The van der Waals surface area contributed by atoms with E-state index in [1.165, 1.54) is 17.3 Å². The van der Waals surface area contributed by atoms with Crippen LogP contribution in [0.5, 0.6) is 0 Å². The number of hydrogen-bond donors (Lipinski definition) is 1. The van der Waals surface area contributed by atoms with Gasteiger partial charge in [0.2, 0.25) is 0 Å². The van der Waals surface area contributed by atoms with Gasteiger partial charge in [-0.05, 0) is 25.9 Å². The van der Waals surface area contributed by atoms with Gasteiger partial charge >= 0.3 is 0 Å². The van der Waals surface area contributed by atoms with E-state index in [-0.39, 0.29) is 0 Å². The molecule has 1 N–H and O–H groups in total. The van der Waals surface area contributed by atoms with E-state index in [0.717, 1.165) is 19.6 Å². The van der Waals surface area contributed by atoms with E-state index in [4.69, 9.17) is 0 Å². The van der Waals surface area contributed by atoms with Crippen molar-refractivity contribution in [3.05, 3.63) is 18.7 Å². The van der Waals surface area contributed by atoms with Crippen molar-refractivity contribution in [3.8, 4) is 0 Å². The summed E-state index contributed by atoms with van der Waals surface area (Å²) in [6.07, 6.45) is 8.14. The summed E-state index contributed by atoms with van der Waals surface area (Å²) in [5, 5.41) is 3.41. The van der Waals surface area contributed by atoms with Gasteiger partial charge in [0.05, 0.1) is 6.33 Å². The zero-order valence-corrected chi connectivity index (χ0v) is 9.90. The predicted molar refractivity (Wildman–Crippen MR) is 63.2 cm³/mol. The van der Waals surface area contributed by atoms with Crippen molar-refractivity contribution in [3.63, 3.8) is 0 Å². The molecule has 13 heavy (non-hydrogen) atoms. The molecule has 74 valence electrons. The van der Waals surface area contributed by atoms with Gasteiger partial charge in [0, 0.05) is 23.4 Å². The fraction of sp³-hybridized carbons (Fsp3) is 0.667. The standard InChI is InChI=1S/C9H16IN3/c10-3-1-4-11-5-2-7-13-8-6-12-9-13/h6,8-9,11H,1-5,7H2. The molecule has 0 saturated heterocycles. The van der Waals surface area contributed by atoms with Gasteiger partial charge in [-0.15, -0.1) is 0 Å². The molecule has 0 amide bonds. The Labute approximate surface area is 93.1 Å². The zero-order chi connectivity index (χ0) is 9.36. The third-order valence-electron chi connectivity index (χ3n) is 1.82. The second-order valence-corrected chi connectivity index (χ2v) is 4.03. The molecule has 0 bridgehead atoms. The molecular formula is C9H16IN3. The average molecular weight is 293 g/mol. The Morgan fingerprint density at radius 1 is 1.31 bits per heavy atom. The van der Waals surface area contributed by atoms with E-state index in [2.05, 4.69) is 37.5 Å². The van der Waals surface area contributed by atoms with Crippen LogP contribution in [0, 0.1) is 0 Å². The van der Waals surface area contributed by atoms with E-state index < -0.39 is 0 Å². The Morgan fingerprint density at radius 3 is 2.85 bits per heavy atom. The van der Waals surface area contributed by atoms with Gasteiger partial charge in [-0.25, -0.2) is 4.98 Å². The Morgan fingerprint density at radius 2 is 2.15 bits per heavy atom. The maximum atomic E-state index is 3.99. The van der Waals surface area contributed by atoms with Crippen LogP contribution in [0.3, 0.4) is 0 Å². The number of aryl methyl sites for hydroxylation is 1. The molecule has 0 aliphatic rings. The minimum atomic E-state index is 1.07. The zero-order valence-electron chi connectivity index (χ0n) is 7.75. The molecule has 1 aromatic rings. The highest BCUT2D eigenvalue weighted by molar-refractivity contribution is 14.1. The quantitative estimate of drug-likeness (QED) is 0.471. The Balaban J connectivity index is 1.90. The van der Waals surface area contributed by atoms with Crippen LogP contribution < -0.4 is 5.32 Å². The van der Waals surface area contributed by atoms with E-state index in [9.17, 15) is 0 Å². The molecule has 1 rings (SSSR count). The lowest BCUT2D eigenvalue weighted by atomic mass is 10.4. The molecule has 3 nitrogen and oxygen atoms in total. The van der Waals surface area contributed by atoms with Crippen molar-refractivity contribution in [2.75, 3.05) is 17.5 Å². The number of alkyl halides is 1. The highest BCUT2D eigenvalue weighted by atomic mass is 127. The topological polar surface area (TPSA) is 29.9 Å². The van der Waals surface area contributed by atoms with Crippen molar-refractivity contribution in [1.29, 1.82) is 0 Å². The molecule has 0 aliphatic heterocycles. The van der Waals surface area contributed by atoms with Gasteiger partial charge in [0.25, 0.3) is 0 Å². The molecule has 0 fully saturated rings. The second-order valence-electron chi connectivity index (χ2n) is 2.95. The normalized spacial score (nSPS) is 10.5. The fourth-order valence-corrected chi connectivity index (χ4v) is 1.50. The van der Waals surface area contributed by atoms with Crippen molar-refractivity contribution in [2.24, 2.45) is 0 Å². The Bertz CT molecular complexity index is 199. The summed E-state index contributed by atoms with van der Waals surface area (Å²) >= 11 is 2.40. The number of nitrogens with one attached hydrogen (secondary N) is 1. The first-order valence-corrected chi connectivity index (χ1v) is 6.18. The summed E-state index contributed by atoms with van der Waals surface area (Å²) in [7, 11) is 0. The molecule has 1 heterocycles. The van der Waals surface area contributed by atoms with Crippen LogP contribution in [0.4, 0.5) is 0 Å². The van der Waals surface area contributed by atoms with E-state index in [1.54, 1.807) is 0 Å². The van der Waals surface area contributed by atoms with Crippen molar-refractivity contribution in [2.45, 2.75) is 19.4 Å². The largest absolute Gasteiger partial charge is 0.337 e. The van der Waals surface area contributed by atoms with Crippen LogP contribution in [0.1, 0.15) is 12.8 Å². The van der Waals surface area contributed by atoms with Gasteiger partial charge in [0.15, 0.2) is 0 Å². The van der Waals surface area contributed by atoms with Crippen LogP contribution in [-0.2, 0) is 6.54 Å². The molecule has 0 spiro atoms. The lowest BCUT2D eigenvalue weighted by molar-refractivity contribution is 0.580. The first-order valence-electron chi connectivity index (χ1n) is 4.66. The van der Waals surface area contributed by atoms with Crippen molar-refractivity contribution in [1.82, 2.24) is 14.9 Å². The summed E-state index contributed by atoms with van der Waals surface area (Å²) in [5.41, 5.74) is 0. The summed E-state index contributed by atoms with van der Waals surface area (Å²) in [4.78, 5) is 3.99. The summed E-state index contributed by atoms with van der Waals surface area (Å²) in [5.74, 6) is 0. The van der Waals surface area contributed by atoms with Crippen LogP contribution in [0.25, 0.3) is 0 Å². The predicted octanol–water partition coefficient (Wildman–Crippen LogP) is 1.69. The SMILES string of the molecule is ICCCNCCCn1ccnc1. The van der Waals surface area contributed by atoms with E-state index in [0.29, 0.717) is 0 Å². The van der Waals surface area contributed by atoms with Gasteiger partial charge < -0.3 is 9.88 Å². The highest BCUT2D eigenvalue weighted by Gasteiger charge is 1.90. The third-order valence-corrected chi connectivity index (χ3v) is 2.58. The number of imidazole rings is 1. The number of aromatic nitrogens is 2. The van der Waals surface area contributed by atoms with E-state index >= 15 is 0 Å². The van der Waals surface area contributed by atoms with Crippen LogP contribution in [0.15, 0.2) is 18.7 Å². The summed E-state index contributed by atoms with van der Waals surface area (Å²) < 4.78 is 3.35. The number of halogens is 1. The van der Waals surface area contributed by atoms with Crippen LogP contribution in [0.2, 0.25) is 0 Å². The third kappa shape index (κ3) is 5.25. The lowest BCUT2D eigenvalue weighted by Crippen LogP contribution is -2.18. The van der Waals surface area contributed by atoms with Crippen molar-refractivity contribution >= 4 is 22.6 Å². The monoisotopic (exact) mass is 293 g/mol. The smallest absolute Gasteiger partial charge is 0.0945 e. The van der Waals surface area contributed by atoms with Gasteiger partial charge in [0.1, 0.15) is 0 Å². The molecule has 0 radical (unpaired) electrons. The van der Waals surface area contributed by atoms with Crippen LogP contribution in [-0.4, -0.2) is 27.1 Å². The molecule has 0 aliphatic carbocycles. The minimum absolute atomic E-state index is 1.07. The molecule has 1 aromatic heterocycles. The number of rotatable bonds is 7. The lowest BCUT2D eigenvalue weighted by Gasteiger charge is -2.03. The molecule has 0 saturated carbocycles. The molecular weight excluding hydrogens is 277 g/mol. The summed E-state index contributed by atoms with van der Waals surface area (Å²) in [6.45, 7) is 3.32. The first kappa shape index (κ1) is 11.0. The fourth-order valence-electron chi connectivity index (χ4n) is 1.12. The van der Waals surface area contributed by atoms with Gasteiger partial charge in [-0.1, -0.05) is 22.6 Å². The average Bonchev–Trinajstić information content (AvgIpc) is 2.63. The Hall–Kier alpha value is -0.100. The highest BCUT2D eigenvalue weighted by Crippen LogP contribution is 1.89. The molecule has 4 heteroatoms. The maximum absolute atomic E-state index is 3.99. The van der Waals surface area contributed by atoms with Gasteiger partial charge in [-0.2, -0.15) is 0 Å². The van der Waals surface area contributed by atoms with Crippen LogP contribution >= 0.6 is 22.6 Å². The molecule has 0 atom stereocenters. The van der Waals surface area contributed by atoms with Gasteiger partial charge in [-0.3, -0.25) is 0 Å².